The van der Waals surface area contributed by atoms with Crippen molar-refractivity contribution in [1.29, 1.82) is 0 Å². The van der Waals surface area contributed by atoms with Crippen molar-refractivity contribution in [3.63, 3.8) is 0 Å². The van der Waals surface area contributed by atoms with Crippen LogP contribution in [-0.2, 0) is 9.53 Å². The molecular formula is C28H18F2N2O3. The lowest BCUT2D eigenvalue weighted by Gasteiger charge is -2.12. The first-order chi connectivity index (χ1) is 17.0. The van der Waals surface area contributed by atoms with Crippen LogP contribution in [-0.4, -0.2) is 23.5 Å². The second-order valence-electron chi connectivity index (χ2n) is 7.82. The van der Waals surface area contributed by atoms with Gasteiger partial charge in [0.2, 0.25) is 0 Å². The first-order valence-corrected chi connectivity index (χ1v) is 10.8. The fourth-order valence-corrected chi connectivity index (χ4v) is 3.93. The van der Waals surface area contributed by atoms with Crippen LogP contribution in [0.4, 0.5) is 14.5 Å². The highest BCUT2D eigenvalue weighted by atomic mass is 19.1. The Morgan fingerprint density at radius 3 is 2.26 bits per heavy atom. The predicted molar refractivity (Wildman–Crippen MR) is 130 cm³/mol. The molecule has 0 saturated carbocycles. The lowest BCUT2D eigenvalue weighted by molar-refractivity contribution is -0.119. The number of nitrogens with one attached hydrogen (secondary N) is 1. The number of esters is 1. The topological polar surface area (TPSA) is 68.3 Å². The number of pyridine rings is 1. The van der Waals surface area contributed by atoms with Crippen molar-refractivity contribution in [2.75, 3.05) is 11.9 Å². The summed E-state index contributed by atoms with van der Waals surface area (Å²) in [7, 11) is 0. The summed E-state index contributed by atoms with van der Waals surface area (Å²) in [6.07, 6.45) is 0. The highest BCUT2D eigenvalue weighted by Crippen LogP contribution is 2.30. The van der Waals surface area contributed by atoms with E-state index in [1.807, 2.05) is 48.5 Å². The van der Waals surface area contributed by atoms with Gasteiger partial charge in [-0.2, -0.15) is 0 Å². The summed E-state index contributed by atoms with van der Waals surface area (Å²) in [5, 5.41) is 4.66. The van der Waals surface area contributed by atoms with E-state index in [1.165, 1.54) is 6.07 Å². The number of aromatic nitrogens is 1. The fourth-order valence-electron chi connectivity index (χ4n) is 3.93. The van der Waals surface area contributed by atoms with Crippen LogP contribution < -0.4 is 5.32 Å². The Kier molecular flexibility index (Phi) is 5.89. The number of carbonyl (C=O) groups is 2. The highest BCUT2D eigenvalue weighted by Gasteiger charge is 2.18. The van der Waals surface area contributed by atoms with Gasteiger partial charge in [0, 0.05) is 10.9 Å². The third kappa shape index (κ3) is 4.44. The van der Waals surface area contributed by atoms with Gasteiger partial charge in [0.05, 0.1) is 16.8 Å². The summed E-state index contributed by atoms with van der Waals surface area (Å²) in [4.78, 5) is 30.0. The largest absolute Gasteiger partial charge is 0.452 e. The molecule has 0 aliphatic carbocycles. The second kappa shape index (κ2) is 9.30. The molecule has 0 bridgehead atoms. The smallest absolute Gasteiger partial charge is 0.339 e. The SMILES string of the molecule is O=C(COC(=O)c1cc(-c2cccc3ccccc23)nc2ccccc12)Nc1c(F)cccc1F. The van der Waals surface area contributed by atoms with Crippen molar-refractivity contribution < 1.29 is 23.1 Å². The molecule has 4 aromatic carbocycles. The number of benzene rings is 4. The van der Waals surface area contributed by atoms with Gasteiger partial charge in [0.15, 0.2) is 6.61 Å². The molecule has 0 unspecified atom stereocenters. The molecule has 0 atom stereocenters. The summed E-state index contributed by atoms with van der Waals surface area (Å²) < 4.78 is 32.8. The lowest BCUT2D eigenvalue weighted by Crippen LogP contribution is -2.22. The van der Waals surface area contributed by atoms with Gasteiger partial charge in [-0.15, -0.1) is 0 Å². The van der Waals surface area contributed by atoms with Crippen LogP contribution in [0.15, 0.2) is 91.0 Å². The van der Waals surface area contributed by atoms with E-state index in [2.05, 4.69) is 5.32 Å². The van der Waals surface area contributed by atoms with E-state index >= 15 is 0 Å². The minimum absolute atomic E-state index is 0.225. The van der Waals surface area contributed by atoms with E-state index in [9.17, 15) is 18.4 Å². The minimum atomic E-state index is -0.926. The van der Waals surface area contributed by atoms with Gasteiger partial charge < -0.3 is 10.1 Å². The van der Waals surface area contributed by atoms with Crippen LogP contribution in [0, 0.1) is 11.6 Å². The number of hydrogen-bond donors (Lipinski definition) is 1. The van der Waals surface area contributed by atoms with Crippen LogP contribution in [0.5, 0.6) is 0 Å². The maximum Gasteiger partial charge on any atom is 0.339 e. The number of ether oxygens (including phenoxy) is 1. The predicted octanol–water partition coefficient (Wildman–Crippen LogP) is 6.13. The summed E-state index contributed by atoms with van der Waals surface area (Å²) in [6, 6.07) is 25.6. The average Bonchev–Trinajstić information content (AvgIpc) is 2.88. The van der Waals surface area contributed by atoms with Crippen LogP contribution >= 0.6 is 0 Å². The molecule has 0 radical (unpaired) electrons. The molecular weight excluding hydrogens is 450 g/mol. The summed E-state index contributed by atoms with van der Waals surface area (Å²) in [6.45, 7) is -0.715. The Morgan fingerprint density at radius 2 is 1.46 bits per heavy atom. The molecule has 0 aliphatic heterocycles. The van der Waals surface area contributed by atoms with Gasteiger partial charge in [-0.05, 0) is 35.0 Å². The molecule has 0 saturated heterocycles. The Balaban J connectivity index is 1.46. The lowest BCUT2D eigenvalue weighted by atomic mass is 9.99. The maximum absolute atomic E-state index is 13.8. The molecule has 1 amide bonds. The molecule has 1 aromatic heterocycles. The standard InChI is InChI=1S/C28H18F2N2O3/c29-22-12-6-13-23(30)27(22)32-26(33)16-35-28(34)21-15-25(31-24-14-4-3-10-20(21)24)19-11-5-8-17-7-1-2-9-18(17)19/h1-15H,16H2,(H,32,33). The van der Waals surface area contributed by atoms with E-state index in [4.69, 9.17) is 9.72 Å². The first kappa shape index (κ1) is 22.2. The normalized spacial score (nSPS) is 10.9. The summed E-state index contributed by atoms with van der Waals surface area (Å²) >= 11 is 0. The van der Waals surface area contributed by atoms with Gasteiger partial charge in [-0.25, -0.2) is 18.6 Å². The van der Waals surface area contributed by atoms with Crippen LogP contribution in [0.3, 0.4) is 0 Å². The molecule has 0 spiro atoms. The van der Waals surface area contributed by atoms with Crippen molar-refractivity contribution >= 4 is 39.2 Å². The van der Waals surface area contributed by atoms with Crippen molar-refractivity contribution in [3.05, 3.63) is 108 Å². The molecule has 5 nitrogen and oxygen atoms in total. The van der Waals surface area contributed by atoms with Crippen LogP contribution in [0.25, 0.3) is 32.9 Å². The van der Waals surface area contributed by atoms with E-state index < -0.39 is 35.8 Å². The van der Waals surface area contributed by atoms with Gasteiger partial charge in [-0.3, -0.25) is 4.79 Å². The number of fused-ring (bicyclic) bond motifs is 2. The van der Waals surface area contributed by atoms with E-state index in [-0.39, 0.29) is 5.56 Å². The number of amides is 1. The minimum Gasteiger partial charge on any atom is -0.452 e. The highest BCUT2D eigenvalue weighted by molar-refractivity contribution is 6.07. The van der Waals surface area contributed by atoms with Crippen molar-refractivity contribution in [2.24, 2.45) is 0 Å². The van der Waals surface area contributed by atoms with Crippen molar-refractivity contribution in [3.8, 4) is 11.3 Å². The Hall–Kier alpha value is -4.65. The molecule has 172 valence electrons. The number of nitrogens with zero attached hydrogens (tertiary/aromatic N) is 1. The Labute approximate surface area is 199 Å². The maximum atomic E-state index is 13.8. The molecule has 0 fully saturated rings. The van der Waals surface area contributed by atoms with Crippen molar-refractivity contribution in [2.45, 2.75) is 0 Å². The third-order valence-corrected chi connectivity index (χ3v) is 5.56. The fraction of sp³-hybridized carbons (Fsp3) is 0.0357. The number of halogens is 2. The quantitative estimate of drug-likeness (QED) is 0.315. The van der Waals surface area contributed by atoms with Gasteiger partial charge >= 0.3 is 5.97 Å². The third-order valence-electron chi connectivity index (χ3n) is 5.56. The molecule has 1 N–H and O–H groups in total. The number of carbonyl (C=O) groups excluding carboxylic acids is 2. The molecule has 1 heterocycles. The van der Waals surface area contributed by atoms with Gasteiger partial charge in [0.1, 0.15) is 17.3 Å². The Bertz CT molecular complexity index is 1580. The van der Waals surface area contributed by atoms with E-state index in [0.29, 0.717) is 16.6 Å². The monoisotopic (exact) mass is 468 g/mol. The van der Waals surface area contributed by atoms with Crippen LogP contribution in [0.1, 0.15) is 10.4 Å². The zero-order valence-corrected chi connectivity index (χ0v) is 18.3. The number of para-hydroxylation sites is 2. The number of anilines is 1. The van der Waals surface area contributed by atoms with E-state index in [1.54, 1.807) is 24.3 Å². The van der Waals surface area contributed by atoms with Gasteiger partial charge in [-0.1, -0.05) is 66.7 Å². The molecule has 5 aromatic rings. The zero-order chi connectivity index (χ0) is 24.4. The van der Waals surface area contributed by atoms with Crippen molar-refractivity contribution in [1.82, 2.24) is 4.98 Å². The zero-order valence-electron chi connectivity index (χ0n) is 18.3. The van der Waals surface area contributed by atoms with Crippen LogP contribution in [0.2, 0.25) is 0 Å². The Morgan fingerprint density at radius 1 is 0.800 bits per heavy atom. The summed E-state index contributed by atoms with van der Waals surface area (Å²) in [5.41, 5.74) is 1.63. The van der Waals surface area contributed by atoms with Gasteiger partial charge in [0.25, 0.3) is 5.91 Å². The summed E-state index contributed by atoms with van der Waals surface area (Å²) in [5.74, 6) is -3.47. The molecule has 35 heavy (non-hydrogen) atoms. The number of hydrogen-bond acceptors (Lipinski definition) is 4. The van der Waals surface area contributed by atoms with E-state index in [0.717, 1.165) is 28.5 Å². The molecule has 0 aliphatic rings. The molecule has 7 heteroatoms. The molecule has 5 rings (SSSR count). The second-order valence-corrected chi connectivity index (χ2v) is 7.82. The first-order valence-electron chi connectivity index (χ1n) is 10.8. The number of rotatable bonds is 5. The average molecular weight is 468 g/mol.